The summed E-state index contributed by atoms with van der Waals surface area (Å²) < 4.78 is 0. The van der Waals surface area contributed by atoms with E-state index in [0.717, 1.165) is 5.92 Å². The Balaban J connectivity index is 3.09. The SMILES string of the molecule is [CH2]C(CCCCCCC)CCCCCCCC. The van der Waals surface area contributed by atoms with E-state index < -0.39 is 0 Å². The summed E-state index contributed by atoms with van der Waals surface area (Å²) >= 11 is 0. The minimum atomic E-state index is 0.725. The molecule has 1 atom stereocenters. The van der Waals surface area contributed by atoms with E-state index in [4.69, 9.17) is 0 Å². The third-order valence-corrected chi connectivity index (χ3v) is 3.68. The molecule has 0 N–H and O–H groups in total. The van der Waals surface area contributed by atoms with Crippen molar-refractivity contribution in [1.82, 2.24) is 0 Å². The van der Waals surface area contributed by atoms with Gasteiger partial charge in [-0.15, -0.1) is 0 Å². The van der Waals surface area contributed by atoms with E-state index in [1.165, 1.54) is 83.5 Å². The lowest BCUT2D eigenvalue weighted by atomic mass is 9.96. The summed E-state index contributed by atoms with van der Waals surface area (Å²) in [4.78, 5) is 0. The van der Waals surface area contributed by atoms with Gasteiger partial charge in [0.05, 0.1) is 0 Å². The second kappa shape index (κ2) is 14.1. The van der Waals surface area contributed by atoms with Crippen LogP contribution in [-0.2, 0) is 0 Å². The predicted molar refractivity (Wildman–Crippen MR) is 80.2 cm³/mol. The van der Waals surface area contributed by atoms with E-state index >= 15 is 0 Å². The van der Waals surface area contributed by atoms with Crippen molar-refractivity contribution >= 4 is 0 Å². The zero-order chi connectivity index (χ0) is 12.8. The van der Waals surface area contributed by atoms with Crippen molar-refractivity contribution in [1.29, 1.82) is 0 Å². The molecule has 1 unspecified atom stereocenters. The molecule has 0 aliphatic rings. The van der Waals surface area contributed by atoms with Crippen LogP contribution in [0.4, 0.5) is 0 Å². The number of rotatable bonds is 13. The third-order valence-electron chi connectivity index (χ3n) is 3.68. The highest BCUT2D eigenvalue weighted by molar-refractivity contribution is 4.62. The monoisotopic (exact) mass is 239 g/mol. The molecule has 17 heavy (non-hydrogen) atoms. The van der Waals surface area contributed by atoms with Gasteiger partial charge in [-0.1, -0.05) is 104 Å². The topological polar surface area (TPSA) is 0 Å². The molecule has 0 nitrogen and oxygen atoms in total. The van der Waals surface area contributed by atoms with Crippen LogP contribution in [0, 0.1) is 12.8 Å². The van der Waals surface area contributed by atoms with E-state index in [0.29, 0.717) is 0 Å². The quantitative estimate of drug-likeness (QED) is 0.320. The summed E-state index contributed by atoms with van der Waals surface area (Å²) in [6.45, 7) is 8.85. The van der Waals surface area contributed by atoms with Crippen LogP contribution in [0.1, 0.15) is 97.3 Å². The molecule has 0 saturated carbocycles. The Hall–Kier alpha value is 0. The van der Waals surface area contributed by atoms with Crippen molar-refractivity contribution < 1.29 is 0 Å². The zero-order valence-corrected chi connectivity index (χ0v) is 12.5. The van der Waals surface area contributed by atoms with Crippen LogP contribution in [0.15, 0.2) is 0 Å². The molecule has 0 aromatic carbocycles. The van der Waals surface area contributed by atoms with Gasteiger partial charge in [0.1, 0.15) is 0 Å². The maximum absolute atomic E-state index is 4.29. The molecule has 0 aromatic rings. The molecule has 0 spiro atoms. The van der Waals surface area contributed by atoms with Crippen molar-refractivity contribution in [3.63, 3.8) is 0 Å². The van der Waals surface area contributed by atoms with Gasteiger partial charge in [-0.25, -0.2) is 0 Å². The fraction of sp³-hybridized carbons (Fsp3) is 0.941. The lowest BCUT2D eigenvalue weighted by molar-refractivity contribution is 0.464. The largest absolute Gasteiger partial charge is 0.0654 e. The molecule has 0 aliphatic heterocycles. The van der Waals surface area contributed by atoms with Gasteiger partial charge >= 0.3 is 0 Å². The lowest BCUT2D eigenvalue weighted by Gasteiger charge is -2.10. The van der Waals surface area contributed by atoms with Crippen LogP contribution in [-0.4, -0.2) is 0 Å². The Kier molecular flexibility index (Phi) is 14.1. The maximum Gasteiger partial charge on any atom is -0.0414 e. The molecule has 0 bridgehead atoms. The predicted octanol–water partition coefficient (Wildman–Crippen LogP) is 6.55. The minimum absolute atomic E-state index is 0.725. The number of unbranched alkanes of at least 4 members (excludes halogenated alkanes) is 9. The van der Waals surface area contributed by atoms with Crippen LogP contribution < -0.4 is 0 Å². The molecule has 0 aromatic heterocycles. The molecule has 0 saturated heterocycles. The second-order valence-corrected chi connectivity index (χ2v) is 5.63. The average Bonchev–Trinajstić information content (AvgIpc) is 2.33. The smallest absolute Gasteiger partial charge is 0.0414 e. The first-order chi connectivity index (χ1) is 8.31. The van der Waals surface area contributed by atoms with Gasteiger partial charge in [-0.2, -0.15) is 0 Å². The van der Waals surface area contributed by atoms with Gasteiger partial charge in [0.2, 0.25) is 0 Å². The second-order valence-electron chi connectivity index (χ2n) is 5.63. The molecule has 1 radical (unpaired) electrons. The van der Waals surface area contributed by atoms with E-state index in [9.17, 15) is 0 Å². The fourth-order valence-corrected chi connectivity index (χ4v) is 2.39. The maximum atomic E-state index is 4.29. The van der Waals surface area contributed by atoms with Crippen LogP contribution in [0.5, 0.6) is 0 Å². The highest BCUT2D eigenvalue weighted by Crippen LogP contribution is 2.17. The Bertz CT molecular complexity index is 128. The van der Waals surface area contributed by atoms with Gasteiger partial charge in [0.25, 0.3) is 0 Å². The summed E-state index contributed by atoms with van der Waals surface area (Å²) in [6.07, 6.45) is 18.3. The van der Waals surface area contributed by atoms with Gasteiger partial charge in [-0.05, 0) is 5.92 Å². The third kappa shape index (κ3) is 13.9. The van der Waals surface area contributed by atoms with E-state index in [-0.39, 0.29) is 0 Å². The van der Waals surface area contributed by atoms with E-state index in [2.05, 4.69) is 20.8 Å². The van der Waals surface area contributed by atoms with E-state index in [1.54, 1.807) is 0 Å². The Morgan fingerprint density at radius 2 is 0.941 bits per heavy atom. The van der Waals surface area contributed by atoms with Crippen molar-refractivity contribution in [2.24, 2.45) is 5.92 Å². The summed E-state index contributed by atoms with van der Waals surface area (Å²) in [6, 6.07) is 0. The first-order valence-corrected chi connectivity index (χ1v) is 8.14. The Morgan fingerprint density at radius 3 is 1.35 bits per heavy atom. The summed E-state index contributed by atoms with van der Waals surface area (Å²) in [5.41, 5.74) is 0. The first-order valence-electron chi connectivity index (χ1n) is 8.14. The van der Waals surface area contributed by atoms with Crippen LogP contribution in [0.25, 0.3) is 0 Å². The minimum Gasteiger partial charge on any atom is -0.0654 e. The highest BCUT2D eigenvalue weighted by atomic mass is 14.1. The highest BCUT2D eigenvalue weighted by Gasteiger charge is 2.01. The standard InChI is InChI=1S/C17H35/c1-4-6-8-10-12-14-16-17(3)15-13-11-9-7-5-2/h17H,3-16H2,1-2H3. The average molecular weight is 239 g/mol. The van der Waals surface area contributed by atoms with Crippen molar-refractivity contribution in [2.45, 2.75) is 97.3 Å². The number of hydrogen-bond donors (Lipinski definition) is 0. The van der Waals surface area contributed by atoms with Gasteiger partial charge in [0.15, 0.2) is 0 Å². The lowest BCUT2D eigenvalue weighted by Crippen LogP contribution is -1.95. The molecular formula is C17H35. The van der Waals surface area contributed by atoms with Crippen molar-refractivity contribution in [3.8, 4) is 0 Å². The molecule has 0 heterocycles. The van der Waals surface area contributed by atoms with Crippen LogP contribution in [0.2, 0.25) is 0 Å². The summed E-state index contributed by atoms with van der Waals surface area (Å²) in [5.74, 6) is 0.725. The Morgan fingerprint density at radius 1 is 0.588 bits per heavy atom. The summed E-state index contributed by atoms with van der Waals surface area (Å²) in [5, 5.41) is 0. The normalized spacial score (nSPS) is 12.9. The molecule has 0 amide bonds. The zero-order valence-electron chi connectivity index (χ0n) is 12.5. The van der Waals surface area contributed by atoms with Crippen molar-refractivity contribution in [2.75, 3.05) is 0 Å². The first kappa shape index (κ1) is 17.0. The van der Waals surface area contributed by atoms with Crippen molar-refractivity contribution in [3.05, 3.63) is 6.92 Å². The van der Waals surface area contributed by atoms with Crippen LogP contribution >= 0.6 is 0 Å². The summed E-state index contributed by atoms with van der Waals surface area (Å²) in [7, 11) is 0. The van der Waals surface area contributed by atoms with Gasteiger partial charge < -0.3 is 0 Å². The molecule has 0 rings (SSSR count). The number of hydrogen-bond acceptors (Lipinski definition) is 0. The van der Waals surface area contributed by atoms with Gasteiger partial charge in [-0.3, -0.25) is 0 Å². The Labute approximate surface area is 111 Å². The molecule has 0 aliphatic carbocycles. The molecule has 0 fully saturated rings. The van der Waals surface area contributed by atoms with Crippen LogP contribution in [0.3, 0.4) is 0 Å². The van der Waals surface area contributed by atoms with Gasteiger partial charge in [0, 0.05) is 0 Å². The molecule has 103 valence electrons. The molecular weight excluding hydrogens is 204 g/mol. The fourth-order valence-electron chi connectivity index (χ4n) is 2.39. The molecule has 0 heteroatoms. The van der Waals surface area contributed by atoms with E-state index in [1.807, 2.05) is 0 Å².